The predicted octanol–water partition coefficient (Wildman–Crippen LogP) is -24.0. The second-order valence-electron chi connectivity index (χ2n) is 0. The molecule has 0 bridgehead atoms. The van der Waals surface area contributed by atoms with Crippen molar-refractivity contribution in [3.05, 3.63) is 0 Å². The SMILES string of the molecule is [F-].[F-].[F-].[F-].[K+].[K+].[K+].[K+]. The maximum atomic E-state index is 0. The molecule has 0 amide bonds. The number of halogens is 4. The molecule has 32 valence electrons. The van der Waals surface area contributed by atoms with E-state index in [0.717, 1.165) is 0 Å². The van der Waals surface area contributed by atoms with Crippen molar-refractivity contribution >= 4 is 0 Å². The first-order chi connectivity index (χ1) is 0. The third-order valence-electron chi connectivity index (χ3n) is 0. The van der Waals surface area contributed by atoms with Gasteiger partial charge in [0.05, 0.1) is 0 Å². The van der Waals surface area contributed by atoms with Crippen LogP contribution >= 0.6 is 0 Å². The summed E-state index contributed by atoms with van der Waals surface area (Å²) in [6, 6.07) is 0. The molecule has 8 heteroatoms. The van der Waals surface area contributed by atoms with Crippen molar-refractivity contribution in [1.29, 1.82) is 0 Å². The molecule has 0 aromatic heterocycles. The summed E-state index contributed by atoms with van der Waals surface area (Å²) in [6.07, 6.45) is 0. The molecular formula is F4K4. The third kappa shape index (κ3) is 39.7. The van der Waals surface area contributed by atoms with E-state index in [9.17, 15) is 0 Å². The fraction of sp³-hybridized carbons (Fsp3) is 0. The van der Waals surface area contributed by atoms with Crippen molar-refractivity contribution in [3.63, 3.8) is 0 Å². The number of hydrogen-bond acceptors (Lipinski definition) is 0. The van der Waals surface area contributed by atoms with E-state index in [2.05, 4.69) is 0 Å². The Balaban J connectivity index is 0. The van der Waals surface area contributed by atoms with Gasteiger partial charge < -0.3 is 18.8 Å². The molecule has 0 spiro atoms. The molecule has 0 rings (SSSR count). The maximum Gasteiger partial charge on any atom is 1.00 e. The Morgan fingerprint density at radius 1 is 0.250 bits per heavy atom. The van der Waals surface area contributed by atoms with Crippen LogP contribution in [0.15, 0.2) is 0 Å². The Bertz CT molecular complexity index is 8.00. The van der Waals surface area contributed by atoms with Crippen molar-refractivity contribution < 1.29 is 224 Å². The van der Waals surface area contributed by atoms with Gasteiger partial charge in [0.25, 0.3) is 0 Å². The summed E-state index contributed by atoms with van der Waals surface area (Å²) in [4.78, 5) is 0. The van der Waals surface area contributed by atoms with Crippen LogP contribution in [-0.2, 0) is 0 Å². The van der Waals surface area contributed by atoms with Gasteiger partial charge in [0.1, 0.15) is 0 Å². The summed E-state index contributed by atoms with van der Waals surface area (Å²) in [5.41, 5.74) is 0. The molecule has 0 atom stereocenters. The molecule has 0 saturated heterocycles. The normalized spacial score (nSPS) is 0. The zero-order valence-electron chi connectivity index (χ0n) is 5.51. The van der Waals surface area contributed by atoms with Gasteiger partial charge in [0.15, 0.2) is 0 Å². The Morgan fingerprint density at radius 2 is 0.250 bits per heavy atom. The summed E-state index contributed by atoms with van der Waals surface area (Å²) in [5, 5.41) is 0. The zero-order valence-corrected chi connectivity index (χ0v) is 18.0. The van der Waals surface area contributed by atoms with Gasteiger partial charge in [0, 0.05) is 0 Å². The number of hydrogen-bond donors (Lipinski definition) is 0. The quantitative estimate of drug-likeness (QED) is 0.287. The van der Waals surface area contributed by atoms with Crippen LogP contribution in [0.2, 0.25) is 0 Å². The molecule has 0 aliphatic rings. The van der Waals surface area contributed by atoms with Crippen molar-refractivity contribution in [2.24, 2.45) is 0 Å². The minimum Gasteiger partial charge on any atom is -1.00 e. The van der Waals surface area contributed by atoms with Gasteiger partial charge in [-0.25, -0.2) is 0 Å². The summed E-state index contributed by atoms with van der Waals surface area (Å²) < 4.78 is 0. The van der Waals surface area contributed by atoms with Gasteiger partial charge in [-0.05, 0) is 0 Å². The molecular weight excluding hydrogens is 232 g/mol. The first-order valence-electron chi connectivity index (χ1n) is 0. The molecule has 0 unspecified atom stereocenters. The Hall–Kier alpha value is 6.27. The molecule has 8 heavy (non-hydrogen) atoms. The van der Waals surface area contributed by atoms with E-state index in [1.807, 2.05) is 0 Å². The molecule has 0 N–H and O–H groups in total. The average molecular weight is 232 g/mol. The summed E-state index contributed by atoms with van der Waals surface area (Å²) in [5.74, 6) is 0. The van der Waals surface area contributed by atoms with Crippen molar-refractivity contribution in [2.45, 2.75) is 0 Å². The zero-order chi connectivity index (χ0) is 0. The largest absolute Gasteiger partial charge is 1.00 e. The van der Waals surface area contributed by atoms with Crippen LogP contribution in [0.25, 0.3) is 0 Å². The summed E-state index contributed by atoms with van der Waals surface area (Å²) in [7, 11) is 0. The summed E-state index contributed by atoms with van der Waals surface area (Å²) >= 11 is 0. The van der Waals surface area contributed by atoms with Crippen LogP contribution in [-0.4, -0.2) is 0 Å². The molecule has 0 fully saturated rings. The van der Waals surface area contributed by atoms with E-state index < -0.39 is 0 Å². The second-order valence-corrected chi connectivity index (χ2v) is 0. The maximum absolute atomic E-state index is 0. The van der Waals surface area contributed by atoms with Gasteiger partial charge in [-0.3, -0.25) is 0 Å². The standard InChI is InChI=1S/4FH.4K/h4*1H;;;;/q;;;;4*+1/p-4. The minimum atomic E-state index is 0. The molecule has 0 heterocycles. The van der Waals surface area contributed by atoms with E-state index in [0.29, 0.717) is 0 Å². The fourth-order valence-electron chi connectivity index (χ4n) is 0. The van der Waals surface area contributed by atoms with Crippen molar-refractivity contribution in [3.8, 4) is 0 Å². The van der Waals surface area contributed by atoms with Gasteiger partial charge in [-0.2, -0.15) is 0 Å². The van der Waals surface area contributed by atoms with Crippen LogP contribution in [0, 0.1) is 0 Å². The molecule has 0 saturated carbocycles. The van der Waals surface area contributed by atoms with Crippen molar-refractivity contribution in [1.82, 2.24) is 0 Å². The third-order valence-corrected chi connectivity index (χ3v) is 0. The van der Waals surface area contributed by atoms with E-state index in [1.165, 1.54) is 0 Å². The van der Waals surface area contributed by atoms with Crippen LogP contribution < -0.4 is 224 Å². The van der Waals surface area contributed by atoms with Crippen LogP contribution in [0.4, 0.5) is 0 Å². The van der Waals surface area contributed by atoms with E-state index >= 15 is 0 Å². The van der Waals surface area contributed by atoms with Crippen LogP contribution in [0.1, 0.15) is 0 Å². The first kappa shape index (κ1) is 63.9. The van der Waals surface area contributed by atoms with Gasteiger partial charge in [-0.1, -0.05) is 0 Å². The Labute approximate surface area is 216 Å². The summed E-state index contributed by atoms with van der Waals surface area (Å²) in [6.45, 7) is 0. The molecule has 0 nitrogen and oxygen atoms in total. The van der Waals surface area contributed by atoms with E-state index in [-0.39, 0.29) is 224 Å². The Kier molecular flexibility index (Phi) is 406. The first-order valence-corrected chi connectivity index (χ1v) is 0. The molecule has 0 aliphatic heterocycles. The fourth-order valence-corrected chi connectivity index (χ4v) is 0. The van der Waals surface area contributed by atoms with Gasteiger partial charge in [-0.15, -0.1) is 0 Å². The smallest absolute Gasteiger partial charge is 1.00 e. The van der Waals surface area contributed by atoms with Gasteiger partial charge in [0.2, 0.25) is 0 Å². The molecule has 0 radical (unpaired) electrons. The predicted molar refractivity (Wildman–Crippen MR) is 0 cm³/mol. The molecule has 0 aromatic carbocycles. The number of rotatable bonds is 0. The monoisotopic (exact) mass is 232 g/mol. The minimum absolute atomic E-state index is 0. The molecule has 0 aromatic rings. The van der Waals surface area contributed by atoms with Gasteiger partial charge >= 0.3 is 206 Å². The second kappa shape index (κ2) is 50.8. The topological polar surface area (TPSA) is 0 Å². The Morgan fingerprint density at radius 3 is 0.250 bits per heavy atom. The van der Waals surface area contributed by atoms with E-state index in [4.69, 9.17) is 0 Å². The van der Waals surface area contributed by atoms with E-state index in [1.54, 1.807) is 0 Å². The van der Waals surface area contributed by atoms with Crippen molar-refractivity contribution in [2.75, 3.05) is 0 Å². The average Bonchev–Trinajstić information content (AvgIpc) is 0. The molecule has 0 aliphatic carbocycles. The van der Waals surface area contributed by atoms with Crippen LogP contribution in [0.5, 0.6) is 0 Å². The van der Waals surface area contributed by atoms with Crippen LogP contribution in [0.3, 0.4) is 0 Å².